The first kappa shape index (κ1) is 8.20. The molecular formula is C9H8OS2. The fraction of sp³-hybridized carbons (Fsp3) is 0.222. The van der Waals surface area contributed by atoms with E-state index in [1.807, 2.05) is 18.2 Å². The van der Waals surface area contributed by atoms with E-state index in [1.165, 1.54) is 29.1 Å². The summed E-state index contributed by atoms with van der Waals surface area (Å²) in [6.45, 7) is 0. The first-order valence-electron chi connectivity index (χ1n) is 3.74. The van der Waals surface area contributed by atoms with Crippen LogP contribution in [0.2, 0.25) is 0 Å². The fourth-order valence-corrected chi connectivity index (χ4v) is 3.47. The lowest BCUT2D eigenvalue weighted by molar-refractivity contribution is 0.277. The first-order chi connectivity index (χ1) is 5.86. The van der Waals surface area contributed by atoms with E-state index >= 15 is 0 Å². The van der Waals surface area contributed by atoms with Crippen molar-refractivity contribution in [2.24, 2.45) is 0 Å². The first-order valence-corrected chi connectivity index (χ1v) is 5.61. The van der Waals surface area contributed by atoms with Crippen LogP contribution >= 0.6 is 23.5 Å². The second kappa shape index (κ2) is 3.54. The Morgan fingerprint density at radius 3 is 2.58 bits per heavy atom. The molecule has 0 aliphatic carbocycles. The molecule has 1 aliphatic rings. The molecule has 12 heavy (non-hydrogen) atoms. The van der Waals surface area contributed by atoms with Gasteiger partial charge in [-0.2, -0.15) is 0 Å². The van der Waals surface area contributed by atoms with E-state index in [9.17, 15) is 4.79 Å². The van der Waals surface area contributed by atoms with Crippen molar-refractivity contribution in [2.45, 2.75) is 5.25 Å². The van der Waals surface area contributed by atoms with E-state index in [0.717, 1.165) is 5.75 Å². The Kier molecular flexibility index (Phi) is 2.42. The molecule has 62 valence electrons. The Hall–Kier alpha value is -0.410. The average Bonchev–Trinajstić information content (AvgIpc) is 2.54. The summed E-state index contributed by atoms with van der Waals surface area (Å²) in [4.78, 5) is 11.0. The van der Waals surface area contributed by atoms with E-state index in [2.05, 4.69) is 12.1 Å². The molecule has 0 spiro atoms. The van der Waals surface area contributed by atoms with Crippen LogP contribution in [0.15, 0.2) is 30.3 Å². The van der Waals surface area contributed by atoms with E-state index in [0.29, 0.717) is 5.25 Å². The molecule has 3 heteroatoms. The van der Waals surface area contributed by atoms with Gasteiger partial charge >= 0.3 is 0 Å². The van der Waals surface area contributed by atoms with Crippen molar-refractivity contribution >= 4 is 28.0 Å². The predicted molar refractivity (Wildman–Crippen MR) is 54.6 cm³/mol. The van der Waals surface area contributed by atoms with E-state index in [-0.39, 0.29) is 4.45 Å². The van der Waals surface area contributed by atoms with Crippen molar-refractivity contribution in [2.75, 3.05) is 5.75 Å². The van der Waals surface area contributed by atoms with E-state index in [1.54, 1.807) is 0 Å². The summed E-state index contributed by atoms with van der Waals surface area (Å²) in [6, 6.07) is 10.2. The zero-order valence-corrected chi connectivity index (χ0v) is 8.03. The van der Waals surface area contributed by atoms with Crippen LogP contribution in [0.3, 0.4) is 0 Å². The molecule has 1 heterocycles. The van der Waals surface area contributed by atoms with Gasteiger partial charge in [-0.3, -0.25) is 4.79 Å². The van der Waals surface area contributed by atoms with Crippen LogP contribution in [-0.2, 0) is 0 Å². The van der Waals surface area contributed by atoms with Crippen molar-refractivity contribution in [3.63, 3.8) is 0 Å². The molecule has 1 aliphatic heterocycles. The summed E-state index contributed by atoms with van der Waals surface area (Å²) in [5.74, 6) is 0.924. The van der Waals surface area contributed by atoms with Crippen LogP contribution in [0.25, 0.3) is 0 Å². The lowest BCUT2D eigenvalue weighted by Gasteiger charge is -2.04. The van der Waals surface area contributed by atoms with Gasteiger partial charge in [0, 0.05) is 11.0 Å². The molecule has 1 aromatic carbocycles. The highest BCUT2D eigenvalue weighted by atomic mass is 32.2. The number of rotatable bonds is 1. The van der Waals surface area contributed by atoms with E-state index < -0.39 is 0 Å². The van der Waals surface area contributed by atoms with Gasteiger partial charge in [-0.15, -0.1) is 0 Å². The van der Waals surface area contributed by atoms with Crippen LogP contribution in [0, 0.1) is 0 Å². The monoisotopic (exact) mass is 196 g/mol. The number of hydrogen-bond acceptors (Lipinski definition) is 3. The number of thioether (sulfide) groups is 2. The molecule has 0 bridgehead atoms. The zero-order valence-electron chi connectivity index (χ0n) is 6.40. The minimum absolute atomic E-state index is 0.254. The average molecular weight is 196 g/mol. The highest BCUT2D eigenvalue weighted by molar-refractivity contribution is 8.41. The summed E-state index contributed by atoms with van der Waals surface area (Å²) in [5.41, 5.74) is 1.26. The maximum absolute atomic E-state index is 11.0. The molecule has 1 unspecified atom stereocenters. The maximum atomic E-state index is 11.0. The summed E-state index contributed by atoms with van der Waals surface area (Å²) in [5, 5.41) is 0.378. The molecule has 1 nitrogen and oxygen atoms in total. The van der Waals surface area contributed by atoms with Gasteiger partial charge in [-0.05, 0) is 5.56 Å². The van der Waals surface area contributed by atoms with Gasteiger partial charge in [0.05, 0.1) is 0 Å². The van der Waals surface area contributed by atoms with Gasteiger partial charge in [0.25, 0.3) is 0 Å². The largest absolute Gasteiger partial charge is 0.274 e. The maximum Gasteiger partial charge on any atom is 0.246 e. The molecule has 0 amide bonds. The highest BCUT2D eigenvalue weighted by Crippen LogP contribution is 2.42. The van der Waals surface area contributed by atoms with Crippen molar-refractivity contribution < 1.29 is 4.79 Å². The summed E-state index contributed by atoms with van der Waals surface area (Å²) in [6.07, 6.45) is 0. The van der Waals surface area contributed by atoms with Crippen molar-refractivity contribution in [3.05, 3.63) is 35.9 Å². The predicted octanol–water partition coefficient (Wildman–Crippen LogP) is 3.33. The molecule has 1 aromatic rings. The molecular weight excluding hydrogens is 188 g/mol. The molecule has 1 saturated heterocycles. The van der Waals surface area contributed by atoms with Crippen LogP contribution in [-0.4, -0.2) is 10.2 Å². The van der Waals surface area contributed by atoms with Gasteiger partial charge in [0.2, 0.25) is 4.45 Å². The standard InChI is InChI=1S/C9H8OS2/c10-9-11-6-8(12-9)7-4-2-1-3-5-7/h1-5,8H,6H2. The minimum Gasteiger partial charge on any atom is -0.274 e. The highest BCUT2D eigenvalue weighted by Gasteiger charge is 2.24. The van der Waals surface area contributed by atoms with Crippen molar-refractivity contribution in [3.8, 4) is 0 Å². The van der Waals surface area contributed by atoms with Crippen LogP contribution < -0.4 is 0 Å². The smallest absolute Gasteiger partial charge is 0.246 e. The van der Waals surface area contributed by atoms with Gasteiger partial charge < -0.3 is 0 Å². The zero-order chi connectivity index (χ0) is 8.39. The number of carbonyl (C=O) groups excluding carboxylic acids is 1. The third-order valence-electron chi connectivity index (χ3n) is 1.76. The number of hydrogen-bond donors (Lipinski definition) is 0. The molecule has 0 aromatic heterocycles. The lowest BCUT2D eigenvalue weighted by Crippen LogP contribution is -1.90. The van der Waals surface area contributed by atoms with Gasteiger partial charge in [-0.1, -0.05) is 53.9 Å². The van der Waals surface area contributed by atoms with Crippen LogP contribution in [0.5, 0.6) is 0 Å². The molecule has 2 rings (SSSR count). The van der Waals surface area contributed by atoms with Gasteiger partial charge in [0.15, 0.2) is 0 Å². The topological polar surface area (TPSA) is 17.1 Å². The second-order valence-corrected chi connectivity index (χ2v) is 5.00. The van der Waals surface area contributed by atoms with Crippen molar-refractivity contribution in [1.82, 2.24) is 0 Å². The molecule has 0 N–H and O–H groups in total. The van der Waals surface area contributed by atoms with E-state index in [4.69, 9.17) is 0 Å². The number of benzene rings is 1. The molecule has 1 atom stereocenters. The molecule has 0 saturated carbocycles. The Balaban J connectivity index is 2.16. The Bertz CT molecular complexity index is 284. The summed E-state index contributed by atoms with van der Waals surface area (Å²) >= 11 is 2.87. The Labute approximate surface area is 79.9 Å². The summed E-state index contributed by atoms with van der Waals surface area (Å²) < 4.78 is 0.254. The quantitative estimate of drug-likeness (QED) is 0.686. The third-order valence-corrected chi connectivity index (χ3v) is 4.27. The van der Waals surface area contributed by atoms with Crippen LogP contribution in [0.4, 0.5) is 4.79 Å². The molecule has 1 fully saturated rings. The molecule has 0 radical (unpaired) electrons. The van der Waals surface area contributed by atoms with Crippen LogP contribution in [0.1, 0.15) is 10.8 Å². The lowest BCUT2D eigenvalue weighted by atomic mass is 10.2. The summed E-state index contributed by atoms with van der Waals surface area (Å²) in [7, 11) is 0. The third kappa shape index (κ3) is 1.67. The Morgan fingerprint density at radius 2 is 2.00 bits per heavy atom. The SMILES string of the molecule is O=C1SCC(c2ccccc2)S1. The fourth-order valence-electron chi connectivity index (χ4n) is 1.16. The van der Waals surface area contributed by atoms with Gasteiger partial charge in [-0.25, -0.2) is 0 Å². The van der Waals surface area contributed by atoms with Gasteiger partial charge in [0.1, 0.15) is 0 Å². The normalized spacial score (nSPS) is 23.0. The Morgan fingerprint density at radius 1 is 1.25 bits per heavy atom. The number of carbonyl (C=O) groups is 1. The second-order valence-electron chi connectivity index (χ2n) is 2.58. The minimum atomic E-state index is 0.254. The van der Waals surface area contributed by atoms with Crippen molar-refractivity contribution in [1.29, 1.82) is 0 Å².